The third-order valence-corrected chi connectivity index (χ3v) is 1.41. The van der Waals surface area contributed by atoms with Crippen molar-refractivity contribution < 1.29 is 46.3 Å². The fraction of sp³-hybridized carbons (Fsp3) is 0.714. The average Bonchev–Trinajstić information content (AvgIpc) is 1.80. The van der Waals surface area contributed by atoms with Gasteiger partial charge in [-0.25, -0.2) is 6.54 Å². The molecule has 0 aromatic carbocycles. The van der Waals surface area contributed by atoms with Crippen LogP contribution in [0, 0.1) is 12.0 Å². The van der Waals surface area contributed by atoms with Gasteiger partial charge in [-0.1, -0.05) is 20.8 Å². The van der Waals surface area contributed by atoms with E-state index in [9.17, 15) is 13.6 Å². The van der Waals surface area contributed by atoms with Gasteiger partial charge in [0.2, 0.25) is 5.91 Å². The summed E-state index contributed by atoms with van der Waals surface area (Å²) in [6, 6.07) is 0. The molecule has 1 N–H and O–H groups in total. The van der Waals surface area contributed by atoms with Crippen molar-refractivity contribution in [3.8, 4) is 0 Å². The molecule has 0 aliphatic rings. The third-order valence-electron chi connectivity index (χ3n) is 0.915. The molecule has 0 aromatic heterocycles. The van der Waals surface area contributed by atoms with E-state index in [1.165, 1.54) is 0 Å². The van der Waals surface area contributed by atoms with Crippen LogP contribution in [0.1, 0.15) is 20.8 Å². The average molecular weight is 280 g/mol. The van der Waals surface area contributed by atoms with Gasteiger partial charge in [0.05, 0.1) is 5.75 Å². The van der Waals surface area contributed by atoms with Crippen molar-refractivity contribution in [1.29, 1.82) is 0 Å². The number of hydrogen-bond acceptors (Lipinski definition) is 3. The third kappa shape index (κ3) is 12.7. The first kappa shape index (κ1) is 16.1. The van der Waals surface area contributed by atoms with Gasteiger partial charge in [-0.2, -0.15) is 0 Å². The predicted octanol–water partition coefficient (Wildman–Crippen LogP) is 0.187. The van der Waals surface area contributed by atoms with Crippen LogP contribution in [0.4, 0.5) is 0 Å². The summed E-state index contributed by atoms with van der Waals surface area (Å²) >= 11 is -2.31. The molecule has 4 nitrogen and oxygen atoms in total. The Kier molecular flexibility index (Phi) is 8.73. The molecular formula is C7H13NO3SY-2. The van der Waals surface area contributed by atoms with Gasteiger partial charge in [0.15, 0.2) is 0 Å². The minimum Gasteiger partial charge on any atom is -0.772 e. The summed E-state index contributed by atoms with van der Waals surface area (Å²) in [6.45, 7) is 7.28. The van der Waals surface area contributed by atoms with E-state index in [4.69, 9.17) is 0 Å². The van der Waals surface area contributed by atoms with E-state index in [1.807, 2.05) is 20.8 Å². The Hall–Kier alpha value is 0.684. The SMILES string of the molecule is CC(C)(C)[CH-]NC(=O)CS(=O)[O-].[Y]. The molecule has 0 fully saturated rings. The smallest absolute Gasteiger partial charge is 0.202 e. The Bertz CT molecular complexity index is 191. The molecule has 0 aromatic rings. The fourth-order valence-electron chi connectivity index (χ4n) is 0.446. The molecule has 0 saturated heterocycles. The number of hydrogen-bond donors (Lipinski definition) is 1. The molecule has 0 bridgehead atoms. The van der Waals surface area contributed by atoms with Crippen LogP contribution < -0.4 is 5.32 Å². The van der Waals surface area contributed by atoms with Gasteiger partial charge in [0.1, 0.15) is 0 Å². The number of carbonyl (C=O) groups excluding carboxylic acids is 1. The normalized spacial score (nSPS) is 12.9. The zero-order valence-electron chi connectivity index (χ0n) is 7.99. The van der Waals surface area contributed by atoms with Crippen LogP contribution in [0.3, 0.4) is 0 Å². The molecular weight excluding hydrogens is 267 g/mol. The Morgan fingerprint density at radius 2 is 2.00 bits per heavy atom. The van der Waals surface area contributed by atoms with E-state index in [0.29, 0.717) is 0 Å². The standard InChI is InChI=1S/C7H14NO3S.Y/c1-7(2,3)5-8-6(9)4-12(10)11;/h5H,4H2,1-3H3,(H,8,9)(H,10,11);/q-1;/p-1. The molecule has 6 heteroatoms. The summed E-state index contributed by atoms with van der Waals surface area (Å²) in [5.41, 5.74) is -0.139. The van der Waals surface area contributed by atoms with Crippen LogP contribution in [-0.4, -0.2) is 20.4 Å². The van der Waals surface area contributed by atoms with E-state index in [0.717, 1.165) is 0 Å². The molecule has 1 unspecified atom stereocenters. The Morgan fingerprint density at radius 1 is 1.54 bits per heavy atom. The molecule has 0 rings (SSSR count). The van der Waals surface area contributed by atoms with Crippen molar-refractivity contribution in [1.82, 2.24) is 5.32 Å². The van der Waals surface area contributed by atoms with Crippen LogP contribution in [0.25, 0.3) is 0 Å². The number of amides is 1. The summed E-state index contributed by atoms with van der Waals surface area (Å²) in [5.74, 6) is -0.981. The molecule has 1 atom stereocenters. The van der Waals surface area contributed by atoms with Gasteiger partial charge in [0.25, 0.3) is 0 Å². The van der Waals surface area contributed by atoms with E-state index in [-0.39, 0.29) is 38.1 Å². The Labute approximate surface area is 106 Å². The molecule has 75 valence electrons. The molecule has 1 radical (unpaired) electrons. The quantitative estimate of drug-likeness (QED) is 0.592. The second kappa shape index (κ2) is 7.04. The zero-order chi connectivity index (χ0) is 9.78. The van der Waals surface area contributed by atoms with E-state index in [2.05, 4.69) is 5.32 Å². The molecule has 13 heavy (non-hydrogen) atoms. The second-order valence-electron chi connectivity index (χ2n) is 3.53. The summed E-state index contributed by atoms with van der Waals surface area (Å²) in [4.78, 5) is 10.8. The van der Waals surface area contributed by atoms with Gasteiger partial charge in [-0.15, -0.1) is 5.41 Å². The van der Waals surface area contributed by atoms with Gasteiger partial charge < -0.3 is 9.87 Å². The van der Waals surface area contributed by atoms with Crippen molar-refractivity contribution in [2.24, 2.45) is 5.41 Å². The van der Waals surface area contributed by atoms with Crippen molar-refractivity contribution >= 4 is 17.0 Å². The van der Waals surface area contributed by atoms with Crippen LogP contribution in [0.5, 0.6) is 0 Å². The van der Waals surface area contributed by atoms with Crippen molar-refractivity contribution in [3.05, 3.63) is 6.54 Å². The number of nitrogens with one attached hydrogen (secondary N) is 1. The van der Waals surface area contributed by atoms with E-state index >= 15 is 0 Å². The van der Waals surface area contributed by atoms with Crippen molar-refractivity contribution in [3.63, 3.8) is 0 Å². The van der Waals surface area contributed by atoms with Crippen molar-refractivity contribution in [2.45, 2.75) is 20.8 Å². The monoisotopic (exact) mass is 280 g/mol. The zero-order valence-corrected chi connectivity index (χ0v) is 11.6. The summed E-state index contributed by atoms with van der Waals surface area (Å²) < 4.78 is 20.1. The van der Waals surface area contributed by atoms with Crippen LogP contribution in [0.2, 0.25) is 0 Å². The van der Waals surface area contributed by atoms with Gasteiger partial charge in [-0.3, -0.25) is 9.00 Å². The van der Waals surface area contributed by atoms with Gasteiger partial charge in [0, 0.05) is 32.7 Å². The van der Waals surface area contributed by atoms with Crippen LogP contribution >= 0.6 is 0 Å². The molecule has 0 saturated carbocycles. The predicted molar refractivity (Wildman–Crippen MR) is 45.7 cm³/mol. The second-order valence-corrected chi connectivity index (χ2v) is 4.42. The minimum absolute atomic E-state index is 0. The van der Waals surface area contributed by atoms with Gasteiger partial charge >= 0.3 is 0 Å². The van der Waals surface area contributed by atoms with Crippen LogP contribution in [0.15, 0.2) is 0 Å². The van der Waals surface area contributed by atoms with E-state index in [1.54, 1.807) is 6.54 Å². The Balaban J connectivity index is 0. The Morgan fingerprint density at radius 3 is 2.31 bits per heavy atom. The van der Waals surface area contributed by atoms with Crippen molar-refractivity contribution in [2.75, 3.05) is 5.75 Å². The summed E-state index contributed by atoms with van der Waals surface area (Å²) in [5, 5.41) is 2.40. The summed E-state index contributed by atoms with van der Waals surface area (Å²) in [7, 11) is 0. The minimum atomic E-state index is -2.31. The first-order valence-electron chi connectivity index (χ1n) is 3.51. The largest absolute Gasteiger partial charge is 0.772 e. The first-order valence-corrected chi connectivity index (χ1v) is 4.75. The molecule has 1 amide bonds. The number of carbonyl (C=O) groups is 1. The summed E-state index contributed by atoms with van der Waals surface area (Å²) in [6.07, 6.45) is 0. The fourth-order valence-corrected chi connectivity index (χ4v) is 0.743. The maximum atomic E-state index is 10.8. The first-order chi connectivity index (χ1) is 5.31. The topological polar surface area (TPSA) is 69.2 Å². The van der Waals surface area contributed by atoms with E-state index < -0.39 is 22.7 Å². The molecule has 0 aliphatic carbocycles. The van der Waals surface area contributed by atoms with Gasteiger partial charge in [-0.05, 0) is 11.1 Å². The van der Waals surface area contributed by atoms with Crippen LogP contribution in [-0.2, 0) is 48.6 Å². The molecule has 0 aliphatic heterocycles. The maximum Gasteiger partial charge on any atom is 0.202 e. The molecule has 0 spiro atoms. The maximum absolute atomic E-state index is 10.8. The number of rotatable bonds is 3. The molecule has 0 heterocycles.